The molecule has 1 aliphatic rings. The summed E-state index contributed by atoms with van der Waals surface area (Å²) < 4.78 is 0.541. The van der Waals surface area contributed by atoms with Gasteiger partial charge in [0.1, 0.15) is 0 Å². The van der Waals surface area contributed by atoms with Crippen molar-refractivity contribution in [3.63, 3.8) is 0 Å². The Kier molecular flexibility index (Phi) is 4.57. The minimum Gasteiger partial charge on any atom is -0.335 e. The molecule has 1 heterocycles. The molecule has 1 aliphatic heterocycles. The monoisotopic (exact) mass is 390 g/mol. The lowest BCUT2D eigenvalue weighted by Gasteiger charge is -2.23. The van der Waals surface area contributed by atoms with E-state index in [4.69, 9.17) is 0 Å². The fraction of sp³-hybridized carbons (Fsp3) is 0.417. The highest BCUT2D eigenvalue weighted by molar-refractivity contribution is 9.10. The molecule has 5 nitrogen and oxygen atoms in total. The van der Waals surface area contributed by atoms with Crippen molar-refractivity contribution in [2.45, 2.75) is 18.9 Å². The molecule has 1 amide bonds. The minimum atomic E-state index is -0.493. The number of halogens is 2. The first-order valence-corrected chi connectivity index (χ1v) is 7.76. The average molecular weight is 392 g/mol. The van der Waals surface area contributed by atoms with E-state index in [1.807, 2.05) is 0 Å². The van der Waals surface area contributed by atoms with E-state index in [2.05, 4.69) is 31.9 Å². The number of nitrogens with zero attached hydrogens (tertiary/aromatic N) is 2. The quantitative estimate of drug-likeness (QED) is 0.450. The Bertz CT molecular complexity index is 522. The third kappa shape index (κ3) is 3.14. The molecule has 1 aromatic rings. The number of likely N-dealkylation sites (tertiary alicyclic amines) is 1. The zero-order chi connectivity index (χ0) is 14.0. The van der Waals surface area contributed by atoms with E-state index in [1.165, 1.54) is 12.1 Å². The molecule has 0 aromatic heterocycles. The van der Waals surface area contributed by atoms with Crippen molar-refractivity contribution < 1.29 is 9.72 Å². The molecule has 0 radical (unpaired) electrons. The summed E-state index contributed by atoms with van der Waals surface area (Å²) in [7, 11) is 0. The summed E-state index contributed by atoms with van der Waals surface area (Å²) in [6, 6.07) is 4.52. The molecule has 19 heavy (non-hydrogen) atoms. The second-order valence-electron chi connectivity index (χ2n) is 4.40. The van der Waals surface area contributed by atoms with Gasteiger partial charge in [0.05, 0.1) is 4.92 Å². The first-order chi connectivity index (χ1) is 9.02. The van der Waals surface area contributed by atoms with Crippen molar-refractivity contribution in [3.8, 4) is 0 Å². The normalized spacial score (nSPS) is 18.6. The lowest BCUT2D eigenvalue weighted by atomic mass is 10.1. The Hall–Kier alpha value is -0.950. The summed E-state index contributed by atoms with van der Waals surface area (Å²) in [5.41, 5.74) is 0.279. The molecular formula is C12H12Br2N2O3. The van der Waals surface area contributed by atoms with Crippen molar-refractivity contribution in [3.05, 3.63) is 38.3 Å². The van der Waals surface area contributed by atoms with Gasteiger partial charge in [-0.2, -0.15) is 0 Å². The zero-order valence-electron chi connectivity index (χ0n) is 10.0. The van der Waals surface area contributed by atoms with Crippen molar-refractivity contribution in [1.29, 1.82) is 0 Å². The molecule has 0 aliphatic carbocycles. The number of carbonyl (C=O) groups is 1. The number of nitro benzene ring substituents is 1. The molecule has 102 valence electrons. The molecule has 1 unspecified atom stereocenters. The second-order valence-corrected chi connectivity index (χ2v) is 5.97. The van der Waals surface area contributed by atoms with Gasteiger partial charge in [0, 0.05) is 40.1 Å². The van der Waals surface area contributed by atoms with Gasteiger partial charge in [-0.1, -0.05) is 31.9 Å². The minimum absolute atomic E-state index is 0.0766. The number of nitro groups is 1. The van der Waals surface area contributed by atoms with Gasteiger partial charge in [0.25, 0.3) is 11.6 Å². The molecule has 1 aromatic carbocycles. The maximum absolute atomic E-state index is 12.4. The largest absolute Gasteiger partial charge is 0.335 e. The maximum atomic E-state index is 12.4. The second kappa shape index (κ2) is 6.00. The van der Waals surface area contributed by atoms with Gasteiger partial charge in [0.2, 0.25) is 0 Å². The van der Waals surface area contributed by atoms with E-state index in [9.17, 15) is 14.9 Å². The van der Waals surface area contributed by atoms with Gasteiger partial charge in [0.15, 0.2) is 0 Å². The van der Waals surface area contributed by atoms with Crippen LogP contribution >= 0.6 is 31.9 Å². The third-order valence-electron chi connectivity index (χ3n) is 3.16. The Morgan fingerprint density at radius 3 is 2.84 bits per heavy atom. The van der Waals surface area contributed by atoms with Crippen molar-refractivity contribution in [2.24, 2.45) is 0 Å². The van der Waals surface area contributed by atoms with E-state index in [1.54, 1.807) is 11.0 Å². The van der Waals surface area contributed by atoms with Crippen LogP contribution in [0.25, 0.3) is 0 Å². The van der Waals surface area contributed by atoms with Crippen LogP contribution in [0, 0.1) is 10.1 Å². The third-order valence-corrected chi connectivity index (χ3v) is 4.36. The van der Waals surface area contributed by atoms with Crippen LogP contribution < -0.4 is 0 Å². The molecular weight excluding hydrogens is 380 g/mol. The van der Waals surface area contributed by atoms with Crippen LogP contribution in [-0.2, 0) is 0 Å². The van der Waals surface area contributed by atoms with Crippen LogP contribution in [0.2, 0.25) is 0 Å². The fourth-order valence-electron chi connectivity index (χ4n) is 2.23. The van der Waals surface area contributed by atoms with E-state index >= 15 is 0 Å². The number of amides is 1. The number of hydrogen-bond donors (Lipinski definition) is 0. The number of rotatable bonds is 3. The molecule has 1 fully saturated rings. The van der Waals surface area contributed by atoms with Gasteiger partial charge < -0.3 is 4.90 Å². The molecule has 0 N–H and O–H groups in total. The molecule has 2 rings (SSSR count). The highest BCUT2D eigenvalue weighted by Gasteiger charge is 2.29. The summed E-state index contributed by atoms with van der Waals surface area (Å²) in [4.78, 5) is 24.5. The summed E-state index contributed by atoms with van der Waals surface area (Å²) in [6.07, 6.45) is 1.94. The number of non-ortho nitro benzene ring substituents is 1. The Morgan fingerprint density at radius 1 is 1.47 bits per heavy atom. The van der Waals surface area contributed by atoms with E-state index in [0.29, 0.717) is 16.6 Å². The molecule has 0 saturated carbocycles. The molecule has 1 atom stereocenters. The number of alkyl halides is 1. The highest BCUT2D eigenvalue weighted by atomic mass is 79.9. The standard InChI is InChI=1S/C12H12Br2N2O3/c13-7-10-2-1-3-15(10)12(17)8-4-9(14)6-11(5-8)16(18)19/h4-6,10H,1-3,7H2. The summed E-state index contributed by atoms with van der Waals surface area (Å²) in [5.74, 6) is -0.147. The van der Waals surface area contributed by atoms with E-state index in [0.717, 1.165) is 18.2 Å². The van der Waals surface area contributed by atoms with Crippen LogP contribution in [0.4, 0.5) is 5.69 Å². The predicted molar refractivity (Wildman–Crippen MR) is 78.6 cm³/mol. The first-order valence-electron chi connectivity index (χ1n) is 5.85. The SMILES string of the molecule is O=C(c1cc(Br)cc([N+](=O)[O-])c1)N1CCCC1CBr. The van der Waals surface area contributed by atoms with Crippen LogP contribution in [0.15, 0.2) is 22.7 Å². The number of carbonyl (C=O) groups excluding carboxylic acids is 1. The highest BCUT2D eigenvalue weighted by Crippen LogP contribution is 2.26. The average Bonchev–Trinajstić information content (AvgIpc) is 2.85. The predicted octanol–water partition coefficient (Wildman–Crippen LogP) is 3.36. The molecule has 1 saturated heterocycles. The Balaban J connectivity index is 2.30. The van der Waals surface area contributed by atoms with Gasteiger partial charge in [-0.3, -0.25) is 14.9 Å². The van der Waals surface area contributed by atoms with Crippen LogP contribution in [-0.4, -0.2) is 33.6 Å². The van der Waals surface area contributed by atoms with E-state index < -0.39 is 4.92 Å². The van der Waals surface area contributed by atoms with Gasteiger partial charge in [-0.05, 0) is 18.9 Å². The molecule has 7 heteroatoms. The summed E-state index contributed by atoms with van der Waals surface area (Å²) in [6.45, 7) is 0.704. The van der Waals surface area contributed by atoms with Gasteiger partial charge >= 0.3 is 0 Å². The van der Waals surface area contributed by atoms with Crippen LogP contribution in [0.5, 0.6) is 0 Å². The van der Waals surface area contributed by atoms with Crippen molar-refractivity contribution in [2.75, 3.05) is 11.9 Å². The number of hydrogen-bond acceptors (Lipinski definition) is 3. The van der Waals surface area contributed by atoms with Crippen molar-refractivity contribution >= 4 is 43.5 Å². The van der Waals surface area contributed by atoms with Gasteiger partial charge in [-0.15, -0.1) is 0 Å². The fourth-order valence-corrected chi connectivity index (χ4v) is 3.39. The molecule has 0 spiro atoms. The van der Waals surface area contributed by atoms with Crippen LogP contribution in [0.1, 0.15) is 23.2 Å². The number of benzene rings is 1. The summed E-state index contributed by atoms with van der Waals surface area (Å²) in [5, 5.41) is 11.6. The lowest BCUT2D eigenvalue weighted by Crippen LogP contribution is -2.36. The molecule has 0 bridgehead atoms. The smallest absolute Gasteiger partial charge is 0.271 e. The topological polar surface area (TPSA) is 63.4 Å². The first kappa shape index (κ1) is 14.5. The maximum Gasteiger partial charge on any atom is 0.271 e. The Morgan fingerprint density at radius 2 is 2.21 bits per heavy atom. The lowest BCUT2D eigenvalue weighted by molar-refractivity contribution is -0.385. The van der Waals surface area contributed by atoms with E-state index in [-0.39, 0.29) is 17.6 Å². The Labute approximate surface area is 127 Å². The van der Waals surface area contributed by atoms with Crippen LogP contribution in [0.3, 0.4) is 0 Å². The summed E-state index contributed by atoms with van der Waals surface area (Å²) >= 11 is 6.60. The van der Waals surface area contributed by atoms with Crippen molar-refractivity contribution in [1.82, 2.24) is 4.90 Å². The zero-order valence-corrected chi connectivity index (χ0v) is 13.2. The van der Waals surface area contributed by atoms with Gasteiger partial charge in [-0.25, -0.2) is 0 Å².